The van der Waals surface area contributed by atoms with Crippen LogP contribution in [0.15, 0.2) is 29.2 Å². The van der Waals surface area contributed by atoms with Crippen molar-refractivity contribution in [2.24, 2.45) is 11.8 Å². The van der Waals surface area contributed by atoms with Crippen LogP contribution in [-0.2, 0) is 16.0 Å². The molecule has 1 aromatic rings. The fourth-order valence-corrected chi connectivity index (χ4v) is 5.89. The first-order valence-corrected chi connectivity index (χ1v) is 13.3. The normalized spacial score (nSPS) is 22.2. The predicted octanol–water partition coefficient (Wildman–Crippen LogP) is 4.87. The summed E-state index contributed by atoms with van der Waals surface area (Å²) in [5.74, 6) is 0.218. The van der Waals surface area contributed by atoms with Gasteiger partial charge in [-0.2, -0.15) is 13.2 Å². The summed E-state index contributed by atoms with van der Waals surface area (Å²) >= 11 is 0. The summed E-state index contributed by atoms with van der Waals surface area (Å²) in [6, 6.07) is 3.95. The Morgan fingerprint density at radius 1 is 1.15 bits per heavy atom. The fraction of sp³-hybridized carbons (Fsp3) is 0.667. The molecular weight excluding hydrogens is 381 g/mol. The van der Waals surface area contributed by atoms with Crippen LogP contribution >= 0.6 is 0 Å². The minimum absolute atomic E-state index is 0.0289. The first kappa shape index (κ1) is 21.4. The highest BCUT2D eigenvalue weighted by atomic mass is 32.2. The van der Waals surface area contributed by atoms with Crippen molar-refractivity contribution in [3.05, 3.63) is 29.8 Å². The minimum Gasteiger partial charge on any atom is -0.432 e. The molecule has 3 nitrogen and oxygen atoms in total. The molecule has 1 aromatic carbocycles. The molecule has 0 bridgehead atoms. The summed E-state index contributed by atoms with van der Waals surface area (Å²) in [4.78, 5) is 10.1. The van der Waals surface area contributed by atoms with Crippen molar-refractivity contribution in [1.29, 1.82) is 0 Å². The third-order valence-electron chi connectivity index (χ3n) is 5.76. The van der Waals surface area contributed by atoms with Gasteiger partial charge >= 0.3 is 6.18 Å². The SMILES string of the molecule is CC(C)(C[C@H]1C[C@@H](CS(=O)(=O)c2cccc(C(F)(F)F)c2)C1)[Si](C)(C)O. The lowest BCUT2D eigenvalue weighted by molar-refractivity contribution is -0.137. The molecule has 0 atom stereocenters. The van der Waals surface area contributed by atoms with E-state index in [0.29, 0.717) is 12.0 Å². The Balaban J connectivity index is 1.99. The lowest BCUT2D eigenvalue weighted by atomic mass is 9.72. The van der Waals surface area contributed by atoms with Gasteiger partial charge in [-0.05, 0) is 67.4 Å². The highest BCUT2D eigenvalue weighted by molar-refractivity contribution is 7.91. The van der Waals surface area contributed by atoms with E-state index in [0.717, 1.165) is 31.4 Å². The number of alkyl halides is 3. The monoisotopic (exact) mass is 408 g/mol. The summed E-state index contributed by atoms with van der Waals surface area (Å²) in [6.07, 6.45) is -2.22. The molecule has 1 aliphatic carbocycles. The largest absolute Gasteiger partial charge is 0.432 e. The predicted molar refractivity (Wildman–Crippen MR) is 98.1 cm³/mol. The van der Waals surface area contributed by atoms with Crippen molar-refractivity contribution in [3.63, 3.8) is 0 Å². The molecule has 0 saturated heterocycles. The van der Waals surface area contributed by atoms with Gasteiger partial charge in [-0.3, -0.25) is 0 Å². The van der Waals surface area contributed by atoms with Gasteiger partial charge in [-0.15, -0.1) is 0 Å². The number of sulfone groups is 1. The Kier molecular flexibility index (Phi) is 5.73. The zero-order valence-corrected chi connectivity index (χ0v) is 17.4. The maximum absolute atomic E-state index is 12.8. The van der Waals surface area contributed by atoms with Gasteiger partial charge in [0.2, 0.25) is 0 Å². The summed E-state index contributed by atoms with van der Waals surface area (Å²) in [5, 5.41) is -0.150. The van der Waals surface area contributed by atoms with Crippen molar-refractivity contribution in [1.82, 2.24) is 0 Å². The Hall–Kier alpha value is -0.863. The van der Waals surface area contributed by atoms with Crippen LogP contribution in [0.3, 0.4) is 0 Å². The van der Waals surface area contributed by atoms with Crippen LogP contribution in [-0.4, -0.2) is 27.3 Å². The van der Waals surface area contributed by atoms with Crippen LogP contribution in [0, 0.1) is 11.8 Å². The molecule has 1 N–H and O–H groups in total. The Morgan fingerprint density at radius 2 is 1.73 bits per heavy atom. The van der Waals surface area contributed by atoms with Gasteiger partial charge in [0.1, 0.15) is 0 Å². The van der Waals surface area contributed by atoms with Crippen molar-refractivity contribution in [2.75, 3.05) is 5.75 Å². The molecule has 0 unspecified atom stereocenters. The number of rotatable bonds is 6. The first-order valence-electron chi connectivity index (χ1n) is 8.74. The van der Waals surface area contributed by atoms with Crippen LogP contribution < -0.4 is 0 Å². The van der Waals surface area contributed by atoms with E-state index in [1.807, 2.05) is 26.9 Å². The molecule has 0 aromatic heterocycles. The van der Waals surface area contributed by atoms with E-state index in [1.165, 1.54) is 6.07 Å². The average molecular weight is 409 g/mol. The second-order valence-corrected chi connectivity index (χ2v) is 15.2. The highest BCUT2D eigenvalue weighted by Gasteiger charge is 2.43. The third-order valence-corrected chi connectivity index (χ3v) is 11.2. The fourth-order valence-electron chi connectivity index (χ4n) is 3.42. The number of hydrogen-bond donors (Lipinski definition) is 1. The smallest absolute Gasteiger partial charge is 0.416 e. The van der Waals surface area contributed by atoms with E-state index in [4.69, 9.17) is 0 Å². The van der Waals surface area contributed by atoms with E-state index >= 15 is 0 Å². The van der Waals surface area contributed by atoms with Gasteiger partial charge in [0.25, 0.3) is 0 Å². The van der Waals surface area contributed by atoms with Gasteiger partial charge in [0, 0.05) is 0 Å². The van der Waals surface area contributed by atoms with Gasteiger partial charge in [0.05, 0.1) is 16.2 Å². The zero-order valence-electron chi connectivity index (χ0n) is 15.6. The van der Waals surface area contributed by atoms with Crippen molar-refractivity contribution < 1.29 is 26.4 Å². The first-order chi connectivity index (χ1) is 11.6. The standard InChI is InChI=1S/C18H27F3O3SSi/c1-17(2,26(3,4)24)11-13-8-14(9-13)12-25(22,23)16-7-5-6-15(10-16)18(19,20)21/h5-7,10,13-14,24H,8-9,11-12H2,1-4H3/t13-,14+. The van der Waals surface area contributed by atoms with E-state index in [2.05, 4.69) is 0 Å². The number of benzene rings is 1. The maximum Gasteiger partial charge on any atom is 0.416 e. The Labute approximate surface area is 154 Å². The molecular formula is C18H27F3O3SSi. The van der Waals surface area contributed by atoms with E-state index in [1.54, 1.807) is 0 Å². The average Bonchev–Trinajstić information content (AvgIpc) is 2.42. The van der Waals surface area contributed by atoms with Crippen molar-refractivity contribution >= 4 is 18.2 Å². The molecule has 0 amide bonds. The van der Waals surface area contributed by atoms with Gasteiger partial charge in [-0.1, -0.05) is 19.9 Å². The van der Waals surface area contributed by atoms with Gasteiger partial charge in [-0.25, -0.2) is 8.42 Å². The molecule has 0 heterocycles. The van der Waals surface area contributed by atoms with Crippen LogP contribution in [0.2, 0.25) is 18.1 Å². The summed E-state index contributed by atoms with van der Waals surface area (Å²) in [6.45, 7) is 7.90. The van der Waals surface area contributed by atoms with Crippen molar-refractivity contribution in [2.45, 2.75) is 62.3 Å². The molecule has 0 radical (unpaired) electrons. The molecule has 2 rings (SSSR count). The highest BCUT2D eigenvalue weighted by Crippen LogP contribution is 2.49. The molecule has 1 aliphatic rings. The lowest BCUT2D eigenvalue weighted by Gasteiger charge is -2.43. The topological polar surface area (TPSA) is 54.4 Å². The van der Waals surface area contributed by atoms with E-state index in [9.17, 15) is 26.4 Å². The molecule has 0 spiro atoms. The summed E-state index contributed by atoms with van der Waals surface area (Å²) < 4.78 is 63.3. The van der Waals surface area contributed by atoms with Crippen LogP contribution in [0.5, 0.6) is 0 Å². The summed E-state index contributed by atoms with van der Waals surface area (Å²) in [5.41, 5.74) is -0.943. The second kappa shape index (κ2) is 6.94. The lowest BCUT2D eigenvalue weighted by Crippen LogP contribution is -2.42. The molecule has 1 saturated carbocycles. The quantitative estimate of drug-likeness (QED) is 0.683. The molecule has 0 aliphatic heterocycles. The maximum atomic E-state index is 12.8. The Morgan fingerprint density at radius 3 is 2.23 bits per heavy atom. The Bertz CT molecular complexity index is 746. The summed E-state index contributed by atoms with van der Waals surface area (Å²) in [7, 11) is -6.04. The molecule has 8 heteroatoms. The van der Waals surface area contributed by atoms with Crippen molar-refractivity contribution in [3.8, 4) is 0 Å². The molecule has 26 heavy (non-hydrogen) atoms. The minimum atomic E-state index is -4.56. The zero-order chi connectivity index (χ0) is 20.0. The molecule has 148 valence electrons. The van der Waals surface area contributed by atoms with Gasteiger partial charge in [0.15, 0.2) is 18.2 Å². The second-order valence-electron chi connectivity index (χ2n) is 8.66. The number of halogens is 3. The van der Waals surface area contributed by atoms with Crippen LogP contribution in [0.4, 0.5) is 13.2 Å². The molecule has 1 fully saturated rings. The van der Waals surface area contributed by atoms with E-state index < -0.39 is 29.9 Å². The van der Waals surface area contributed by atoms with Crippen LogP contribution in [0.1, 0.15) is 38.7 Å². The third kappa shape index (κ3) is 4.89. The van der Waals surface area contributed by atoms with Gasteiger partial charge < -0.3 is 4.80 Å². The van der Waals surface area contributed by atoms with Crippen LogP contribution in [0.25, 0.3) is 0 Å². The number of hydrogen-bond acceptors (Lipinski definition) is 3. The van der Waals surface area contributed by atoms with E-state index in [-0.39, 0.29) is 21.6 Å².